The Kier molecular flexibility index (Phi) is 11.1. The van der Waals surface area contributed by atoms with Gasteiger partial charge < -0.3 is 19.1 Å². The summed E-state index contributed by atoms with van der Waals surface area (Å²) in [4.78, 5) is 31.3. The van der Waals surface area contributed by atoms with Crippen LogP contribution in [0.1, 0.15) is 83.5 Å². The van der Waals surface area contributed by atoms with Gasteiger partial charge in [0.1, 0.15) is 16.5 Å². The zero-order chi connectivity index (χ0) is 38.1. The minimum atomic E-state index is -4.28. The second-order valence-corrected chi connectivity index (χ2v) is 16.9. The lowest BCUT2D eigenvalue weighted by molar-refractivity contribution is -0.190. The molecule has 3 heterocycles. The fourth-order valence-electron chi connectivity index (χ4n) is 6.14. The zero-order valence-corrected chi connectivity index (χ0v) is 31.2. The minimum Gasteiger partial charge on any atom is -0.494 e. The van der Waals surface area contributed by atoms with Gasteiger partial charge in [0.05, 0.1) is 29.1 Å². The van der Waals surface area contributed by atoms with Crippen molar-refractivity contribution in [1.82, 2.24) is 24.4 Å². The molecule has 1 saturated heterocycles. The lowest BCUT2D eigenvalue weighted by Gasteiger charge is -2.33. The van der Waals surface area contributed by atoms with Crippen molar-refractivity contribution in [2.75, 3.05) is 19.8 Å². The molecule has 1 atom stereocenters. The summed E-state index contributed by atoms with van der Waals surface area (Å²) in [7, 11) is -4.28. The SMILES string of the molecule is CC(C)(C)OC(=O)N1CC(CCCOc2ccc(S(=O)(=O)NC(=O)c3ccc(-n4ccc(OCCC5(C(F)(F)F)CC5)n4)nc3Cl)cc2)CC1(C)C. The summed E-state index contributed by atoms with van der Waals surface area (Å²) < 4.78 is 85.4. The maximum Gasteiger partial charge on any atom is 0.410 e. The predicted molar refractivity (Wildman–Crippen MR) is 185 cm³/mol. The number of halogens is 4. The molecule has 1 aromatic carbocycles. The number of ether oxygens (including phenoxy) is 3. The van der Waals surface area contributed by atoms with Crippen molar-refractivity contribution in [2.45, 2.75) is 95.4 Å². The molecule has 1 N–H and O–H groups in total. The van der Waals surface area contributed by atoms with Crippen LogP contribution in [0.5, 0.6) is 11.6 Å². The van der Waals surface area contributed by atoms with Gasteiger partial charge in [-0.15, -0.1) is 5.10 Å². The highest BCUT2D eigenvalue weighted by atomic mass is 35.5. The number of sulfonamides is 1. The summed E-state index contributed by atoms with van der Waals surface area (Å²) in [6, 6.07) is 9.72. The predicted octanol–water partition coefficient (Wildman–Crippen LogP) is 7.35. The van der Waals surface area contributed by atoms with Crippen molar-refractivity contribution < 1.29 is 45.4 Å². The smallest absolute Gasteiger partial charge is 0.410 e. The zero-order valence-electron chi connectivity index (χ0n) is 29.6. The molecular weight excluding hydrogens is 727 g/mol. The van der Waals surface area contributed by atoms with E-state index in [1.165, 1.54) is 53.3 Å². The Hall–Kier alpha value is -4.05. The van der Waals surface area contributed by atoms with Gasteiger partial charge in [-0.1, -0.05) is 11.6 Å². The summed E-state index contributed by atoms with van der Waals surface area (Å²) in [5.74, 6) is -0.00841. The maximum absolute atomic E-state index is 13.1. The number of carbonyl (C=O) groups is 2. The van der Waals surface area contributed by atoms with E-state index in [2.05, 4.69) is 10.1 Å². The van der Waals surface area contributed by atoms with E-state index in [-0.39, 0.29) is 64.8 Å². The van der Waals surface area contributed by atoms with Crippen LogP contribution in [-0.2, 0) is 14.8 Å². The number of nitrogens with zero attached hydrogens (tertiary/aromatic N) is 4. The molecular formula is C35H43ClF3N5O7S. The first-order valence-electron chi connectivity index (χ1n) is 16.9. The van der Waals surface area contributed by atoms with E-state index in [0.717, 1.165) is 19.3 Å². The first-order chi connectivity index (χ1) is 24.2. The van der Waals surface area contributed by atoms with Crippen LogP contribution >= 0.6 is 11.6 Å². The molecule has 1 saturated carbocycles. The van der Waals surface area contributed by atoms with E-state index < -0.39 is 33.1 Å². The van der Waals surface area contributed by atoms with Crippen molar-refractivity contribution in [3.05, 3.63) is 59.4 Å². The van der Waals surface area contributed by atoms with Crippen LogP contribution in [0.2, 0.25) is 5.15 Å². The number of pyridine rings is 1. The van der Waals surface area contributed by atoms with E-state index >= 15 is 0 Å². The van der Waals surface area contributed by atoms with Crippen molar-refractivity contribution in [3.63, 3.8) is 0 Å². The number of hydrogen-bond donors (Lipinski definition) is 1. The van der Waals surface area contributed by atoms with Crippen LogP contribution in [0.3, 0.4) is 0 Å². The van der Waals surface area contributed by atoms with Gasteiger partial charge in [0.15, 0.2) is 5.82 Å². The maximum atomic E-state index is 13.1. The number of amides is 2. The average Bonchev–Trinajstić information content (AvgIpc) is 3.58. The standard InChI is InChI=1S/C35H43ClF3N5O7S/c1-32(2,3)51-31(46)43-22-23(21-33(43,4)5)7-6-19-49-24-8-10-25(11-9-24)52(47,48)42-30(45)26-12-13-27(40-29(26)36)44-18-14-28(41-44)50-20-17-34(15-16-34)35(37,38)39/h8-14,18,23H,6-7,15-17,19-22H2,1-5H3,(H,42,45). The van der Waals surface area contributed by atoms with Gasteiger partial charge >= 0.3 is 12.3 Å². The van der Waals surface area contributed by atoms with Gasteiger partial charge in [-0.3, -0.25) is 4.79 Å². The summed E-state index contributed by atoms with van der Waals surface area (Å²) in [6.45, 7) is 10.4. The van der Waals surface area contributed by atoms with Crippen molar-refractivity contribution in [2.24, 2.45) is 11.3 Å². The van der Waals surface area contributed by atoms with Crippen molar-refractivity contribution in [3.8, 4) is 17.4 Å². The molecule has 12 nitrogen and oxygen atoms in total. The lowest BCUT2D eigenvalue weighted by atomic mass is 9.93. The van der Waals surface area contributed by atoms with Crippen molar-refractivity contribution in [1.29, 1.82) is 0 Å². The van der Waals surface area contributed by atoms with Crippen LogP contribution in [0.4, 0.5) is 18.0 Å². The molecule has 17 heteroatoms. The molecule has 284 valence electrons. The van der Waals surface area contributed by atoms with Gasteiger partial charge in [0.2, 0.25) is 5.88 Å². The number of benzene rings is 1. The van der Waals surface area contributed by atoms with Gasteiger partial charge in [0, 0.05) is 24.3 Å². The summed E-state index contributed by atoms with van der Waals surface area (Å²) in [5.41, 5.74) is -2.78. The third-order valence-electron chi connectivity index (χ3n) is 9.12. The molecule has 3 aromatic rings. The Labute approximate surface area is 306 Å². The molecule has 2 aromatic heterocycles. The van der Waals surface area contributed by atoms with E-state index in [1.807, 2.05) is 39.3 Å². The monoisotopic (exact) mass is 769 g/mol. The Bertz CT molecular complexity index is 1870. The molecule has 2 fully saturated rings. The summed E-state index contributed by atoms with van der Waals surface area (Å²) in [6.07, 6.45) is -0.716. The minimum absolute atomic E-state index is 0.0838. The topological polar surface area (TPSA) is 142 Å². The molecule has 0 bridgehead atoms. The van der Waals surface area contributed by atoms with Gasteiger partial charge in [-0.25, -0.2) is 27.6 Å². The van der Waals surface area contributed by atoms with Crippen molar-refractivity contribution >= 4 is 33.6 Å². The third kappa shape index (κ3) is 9.48. The van der Waals surface area contributed by atoms with E-state index in [1.54, 1.807) is 4.90 Å². The van der Waals surface area contributed by atoms with Crippen LogP contribution in [0, 0.1) is 11.3 Å². The number of alkyl halides is 3. The van der Waals surface area contributed by atoms with Crippen LogP contribution in [-0.4, -0.2) is 77.2 Å². The Balaban J connectivity index is 1.08. The Morgan fingerprint density at radius 2 is 1.71 bits per heavy atom. The highest BCUT2D eigenvalue weighted by Gasteiger charge is 2.62. The van der Waals surface area contributed by atoms with E-state index in [4.69, 9.17) is 25.8 Å². The molecule has 1 aliphatic heterocycles. The fourth-order valence-corrected chi connectivity index (χ4v) is 7.34. The second-order valence-electron chi connectivity index (χ2n) is 14.9. The third-order valence-corrected chi connectivity index (χ3v) is 10.8. The molecule has 2 aliphatic rings. The van der Waals surface area contributed by atoms with E-state index in [9.17, 15) is 31.2 Å². The lowest BCUT2D eigenvalue weighted by Crippen LogP contribution is -2.45. The van der Waals surface area contributed by atoms with Crippen LogP contribution < -0.4 is 14.2 Å². The molecule has 1 unspecified atom stereocenters. The number of nitrogens with one attached hydrogen (secondary N) is 1. The first kappa shape index (κ1) is 39.2. The highest BCUT2D eigenvalue weighted by Crippen LogP contribution is 2.59. The largest absolute Gasteiger partial charge is 0.494 e. The molecule has 0 spiro atoms. The molecule has 0 radical (unpaired) electrons. The average molecular weight is 770 g/mol. The summed E-state index contributed by atoms with van der Waals surface area (Å²) >= 11 is 6.23. The quantitative estimate of drug-likeness (QED) is 0.140. The van der Waals surface area contributed by atoms with Gasteiger partial charge in [-0.2, -0.15) is 13.2 Å². The van der Waals surface area contributed by atoms with Gasteiger partial charge in [0.25, 0.3) is 15.9 Å². The normalized spacial score (nSPS) is 18.2. The number of carbonyl (C=O) groups excluding carboxylic acids is 2. The first-order valence-corrected chi connectivity index (χ1v) is 18.8. The van der Waals surface area contributed by atoms with Crippen LogP contribution in [0.25, 0.3) is 5.82 Å². The highest BCUT2D eigenvalue weighted by molar-refractivity contribution is 7.90. The number of aromatic nitrogens is 3. The number of likely N-dealkylation sites (tertiary alicyclic amines) is 1. The fraction of sp³-hybridized carbons (Fsp3) is 0.543. The number of hydrogen-bond acceptors (Lipinski definition) is 9. The second kappa shape index (κ2) is 14.8. The summed E-state index contributed by atoms with van der Waals surface area (Å²) in [5, 5.41) is 3.84. The molecule has 2 amide bonds. The van der Waals surface area contributed by atoms with Gasteiger partial charge in [-0.05, 0) is 115 Å². The molecule has 5 rings (SSSR count). The van der Waals surface area contributed by atoms with Crippen LogP contribution in [0.15, 0.2) is 53.6 Å². The Morgan fingerprint density at radius 1 is 1.02 bits per heavy atom. The van der Waals surface area contributed by atoms with E-state index in [0.29, 0.717) is 24.8 Å². The molecule has 1 aliphatic carbocycles. The Morgan fingerprint density at radius 3 is 2.33 bits per heavy atom. The molecule has 52 heavy (non-hydrogen) atoms. The number of rotatable bonds is 13.